The average Bonchev–Trinajstić information content (AvgIpc) is 2.84. The molecule has 0 aliphatic heterocycles. The molecule has 0 unspecified atom stereocenters. The van der Waals surface area contributed by atoms with Crippen molar-refractivity contribution in [3.05, 3.63) is 115 Å². The second-order valence-corrected chi connectivity index (χ2v) is 7.71. The van der Waals surface area contributed by atoms with Gasteiger partial charge in [-0.3, -0.25) is 15.0 Å². The third-order valence-electron chi connectivity index (χ3n) is 5.41. The molecule has 0 fully saturated rings. The second-order valence-electron chi connectivity index (χ2n) is 7.71. The highest BCUT2D eigenvalue weighted by atomic mass is 14.8. The Balaban J connectivity index is 1.22. The molecule has 0 spiro atoms. The predicted molar refractivity (Wildman–Crippen MR) is 136 cm³/mol. The quantitative estimate of drug-likeness (QED) is 0.270. The van der Waals surface area contributed by atoms with E-state index in [0.29, 0.717) is 12.8 Å². The van der Waals surface area contributed by atoms with E-state index in [9.17, 15) is 0 Å². The first kappa shape index (κ1) is 19.8. The highest BCUT2D eigenvalue weighted by molar-refractivity contribution is 5.86. The fraction of sp³-hybridized carbons (Fsp3) is 0.0690. The van der Waals surface area contributed by atoms with Crippen molar-refractivity contribution in [1.82, 2.24) is 4.98 Å². The fourth-order valence-electron chi connectivity index (χ4n) is 3.76. The Kier molecular flexibility index (Phi) is 5.80. The van der Waals surface area contributed by atoms with Crippen LogP contribution in [0.1, 0.15) is 11.4 Å². The molecule has 0 N–H and O–H groups in total. The first-order valence-corrected chi connectivity index (χ1v) is 10.8. The number of aromatic nitrogens is 1. The maximum atomic E-state index is 4.75. The van der Waals surface area contributed by atoms with Crippen molar-refractivity contribution in [2.45, 2.75) is 12.8 Å². The lowest BCUT2D eigenvalue weighted by Crippen LogP contribution is -1.97. The van der Waals surface area contributed by atoms with Gasteiger partial charge in [-0.1, -0.05) is 66.7 Å². The molecule has 154 valence electrons. The first-order valence-electron chi connectivity index (χ1n) is 10.8. The Labute approximate surface area is 187 Å². The summed E-state index contributed by atoms with van der Waals surface area (Å²) in [4.78, 5) is 14.0. The average molecular weight is 414 g/mol. The van der Waals surface area contributed by atoms with Crippen LogP contribution in [-0.2, 0) is 12.8 Å². The van der Waals surface area contributed by atoms with Crippen molar-refractivity contribution >= 4 is 45.3 Å². The number of hydrogen-bond acceptors (Lipinski definition) is 3. The molecule has 0 aliphatic carbocycles. The third-order valence-corrected chi connectivity index (χ3v) is 5.41. The fourth-order valence-corrected chi connectivity index (χ4v) is 3.76. The molecule has 0 atom stereocenters. The van der Waals surface area contributed by atoms with E-state index in [1.165, 1.54) is 21.5 Å². The van der Waals surface area contributed by atoms with Crippen LogP contribution in [0.4, 0.5) is 11.4 Å². The summed E-state index contributed by atoms with van der Waals surface area (Å²) in [5.41, 5.74) is 3.93. The molecular formula is C29H23N3. The van der Waals surface area contributed by atoms with Crippen LogP contribution >= 0.6 is 0 Å². The molecule has 0 amide bonds. The zero-order valence-electron chi connectivity index (χ0n) is 17.7. The Hall–Kier alpha value is -4.11. The Morgan fingerprint density at radius 1 is 0.500 bits per heavy atom. The van der Waals surface area contributed by atoms with Gasteiger partial charge < -0.3 is 0 Å². The lowest BCUT2D eigenvalue weighted by Gasteiger charge is -2.01. The van der Waals surface area contributed by atoms with Crippen molar-refractivity contribution in [3.8, 4) is 0 Å². The van der Waals surface area contributed by atoms with E-state index in [0.717, 1.165) is 22.8 Å². The summed E-state index contributed by atoms with van der Waals surface area (Å²) in [6, 6.07) is 35.3. The smallest absolute Gasteiger partial charge is 0.0632 e. The van der Waals surface area contributed by atoms with E-state index < -0.39 is 0 Å². The van der Waals surface area contributed by atoms with Crippen molar-refractivity contribution in [2.24, 2.45) is 9.98 Å². The molecule has 0 aliphatic rings. The van der Waals surface area contributed by atoms with Gasteiger partial charge in [0.15, 0.2) is 0 Å². The molecule has 5 rings (SSSR count). The number of aliphatic imine (C=N–C) groups is 2. The van der Waals surface area contributed by atoms with Crippen molar-refractivity contribution in [3.63, 3.8) is 0 Å². The molecule has 3 nitrogen and oxygen atoms in total. The molecule has 3 heteroatoms. The predicted octanol–water partition coefficient (Wildman–Crippen LogP) is 7.28. The molecule has 1 heterocycles. The molecule has 32 heavy (non-hydrogen) atoms. The number of hydrogen-bond donors (Lipinski definition) is 0. The first-order chi connectivity index (χ1) is 15.8. The Morgan fingerprint density at radius 2 is 0.969 bits per heavy atom. The minimum atomic E-state index is 0.697. The van der Waals surface area contributed by atoms with Gasteiger partial charge in [-0.05, 0) is 57.9 Å². The molecule has 1 aromatic heterocycles. The number of fused-ring (bicyclic) bond motifs is 2. The van der Waals surface area contributed by atoms with E-state index in [-0.39, 0.29) is 0 Å². The molecule has 0 saturated heterocycles. The van der Waals surface area contributed by atoms with Crippen molar-refractivity contribution < 1.29 is 0 Å². The van der Waals surface area contributed by atoms with Gasteiger partial charge in [-0.25, -0.2) is 0 Å². The van der Waals surface area contributed by atoms with Crippen LogP contribution in [0, 0.1) is 0 Å². The van der Waals surface area contributed by atoms with E-state index >= 15 is 0 Å². The topological polar surface area (TPSA) is 37.6 Å². The maximum absolute atomic E-state index is 4.75. The second kappa shape index (κ2) is 9.36. The summed E-state index contributed by atoms with van der Waals surface area (Å²) in [5.74, 6) is 0. The zero-order chi connectivity index (χ0) is 21.6. The van der Waals surface area contributed by atoms with E-state index in [2.05, 4.69) is 82.8 Å². The van der Waals surface area contributed by atoms with Crippen molar-refractivity contribution in [1.29, 1.82) is 0 Å². The lowest BCUT2D eigenvalue weighted by atomic mass is 10.1. The van der Waals surface area contributed by atoms with Crippen LogP contribution < -0.4 is 0 Å². The van der Waals surface area contributed by atoms with Gasteiger partial charge in [-0.15, -0.1) is 0 Å². The lowest BCUT2D eigenvalue weighted by molar-refractivity contribution is 1.06. The van der Waals surface area contributed by atoms with Crippen LogP contribution in [0.2, 0.25) is 0 Å². The van der Waals surface area contributed by atoms with Gasteiger partial charge in [0.05, 0.1) is 11.4 Å². The normalized spacial score (nSPS) is 11.8. The van der Waals surface area contributed by atoms with Crippen LogP contribution in [-0.4, -0.2) is 17.4 Å². The van der Waals surface area contributed by atoms with E-state index in [1.807, 2.05) is 42.8 Å². The summed E-state index contributed by atoms with van der Waals surface area (Å²) in [6.07, 6.45) is 5.25. The van der Waals surface area contributed by atoms with Gasteiger partial charge in [0.25, 0.3) is 0 Å². The Bertz CT molecular complexity index is 1330. The molecule has 5 aromatic rings. The van der Waals surface area contributed by atoms with Crippen LogP contribution in [0.15, 0.2) is 113 Å². The van der Waals surface area contributed by atoms with Gasteiger partial charge in [0.1, 0.15) is 0 Å². The van der Waals surface area contributed by atoms with Gasteiger partial charge in [0, 0.05) is 36.7 Å². The molecule has 4 aromatic carbocycles. The highest BCUT2D eigenvalue weighted by Gasteiger charge is 1.98. The largest absolute Gasteiger partial charge is 0.261 e. The van der Waals surface area contributed by atoms with Crippen molar-refractivity contribution in [2.75, 3.05) is 0 Å². The maximum Gasteiger partial charge on any atom is 0.0632 e. The molecular weight excluding hydrogens is 390 g/mol. The summed E-state index contributed by atoms with van der Waals surface area (Å²) in [6.45, 7) is 0. The SMILES string of the molecule is C(Cc1cccc(CC=Nc2ccc3ccccc3c2)n1)=Nc1ccc2ccccc2c1. The van der Waals surface area contributed by atoms with E-state index in [1.54, 1.807) is 0 Å². The summed E-state index contributed by atoms with van der Waals surface area (Å²) in [7, 11) is 0. The molecule has 0 bridgehead atoms. The highest BCUT2D eigenvalue weighted by Crippen LogP contribution is 2.21. The number of rotatable bonds is 6. The molecule has 0 radical (unpaired) electrons. The van der Waals surface area contributed by atoms with E-state index in [4.69, 9.17) is 4.98 Å². The zero-order valence-corrected chi connectivity index (χ0v) is 17.7. The standard InChI is InChI=1S/C29H23N3/c1-3-8-24-20-28(14-12-22(24)6-1)30-18-16-26-10-5-11-27(32-26)17-19-31-29-15-13-23-7-2-4-9-25(23)21-29/h1-15,18-21H,16-17H2. The summed E-state index contributed by atoms with van der Waals surface area (Å²) >= 11 is 0. The van der Waals surface area contributed by atoms with Gasteiger partial charge >= 0.3 is 0 Å². The summed E-state index contributed by atoms with van der Waals surface area (Å²) < 4.78 is 0. The minimum Gasteiger partial charge on any atom is -0.261 e. The van der Waals surface area contributed by atoms with Crippen LogP contribution in [0.5, 0.6) is 0 Å². The summed E-state index contributed by atoms with van der Waals surface area (Å²) in [5, 5.41) is 4.86. The van der Waals surface area contributed by atoms with Crippen LogP contribution in [0.3, 0.4) is 0 Å². The monoisotopic (exact) mass is 413 g/mol. The van der Waals surface area contributed by atoms with Crippen LogP contribution in [0.25, 0.3) is 21.5 Å². The number of nitrogens with zero attached hydrogens (tertiary/aromatic N) is 3. The minimum absolute atomic E-state index is 0.697. The van der Waals surface area contributed by atoms with Gasteiger partial charge in [-0.2, -0.15) is 0 Å². The number of benzene rings is 4. The van der Waals surface area contributed by atoms with Gasteiger partial charge in [0.2, 0.25) is 0 Å². The molecule has 0 saturated carbocycles. The Morgan fingerprint density at radius 3 is 1.47 bits per heavy atom. The number of pyridine rings is 1. The third kappa shape index (κ3) is 4.79.